The normalized spacial score (nSPS) is 26.7. The fraction of sp³-hybridized carbons (Fsp3) is 0.333. The van der Waals surface area contributed by atoms with E-state index < -0.39 is 17.6 Å². The molecule has 0 aromatic heterocycles. The molecule has 4 atom stereocenters. The van der Waals surface area contributed by atoms with Crippen molar-refractivity contribution in [3.63, 3.8) is 0 Å². The molecule has 0 aliphatic carbocycles. The molecular formula is C27H29NO4. The fourth-order valence-electron chi connectivity index (χ4n) is 4.83. The third-order valence-corrected chi connectivity index (χ3v) is 6.19. The standard InChI is InChI=1S/C27H29NO4/c1-26(2)31-23-22(30-25(28)24(23)32-26)18-29-27(19-12-6-3-7-13-19,20-14-8-4-9-15-20)21-16-10-5-11-17-21/h3-17,22-25H,18,28H2,1-2H3/t22-,23-,24-,25?/m1/s1. The summed E-state index contributed by atoms with van der Waals surface area (Å²) in [5.74, 6) is -0.690. The molecule has 0 spiro atoms. The predicted molar refractivity (Wildman–Crippen MR) is 122 cm³/mol. The number of rotatable bonds is 6. The lowest BCUT2D eigenvalue weighted by atomic mass is 9.80. The van der Waals surface area contributed by atoms with Gasteiger partial charge in [0.25, 0.3) is 0 Å². The number of hydrogen-bond donors (Lipinski definition) is 1. The van der Waals surface area contributed by atoms with Gasteiger partial charge >= 0.3 is 0 Å². The first kappa shape index (κ1) is 21.3. The lowest BCUT2D eigenvalue weighted by Crippen LogP contribution is -2.39. The first-order chi connectivity index (χ1) is 15.5. The van der Waals surface area contributed by atoms with Crippen LogP contribution in [-0.2, 0) is 24.5 Å². The third-order valence-electron chi connectivity index (χ3n) is 6.19. The van der Waals surface area contributed by atoms with Gasteiger partial charge in [-0.05, 0) is 30.5 Å². The van der Waals surface area contributed by atoms with E-state index in [9.17, 15) is 0 Å². The molecule has 0 amide bonds. The van der Waals surface area contributed by atoms with Crippen LogP contribution in [0.15, 0.2) is 91.0 Å². The van der Waals surface area contributed by atoms with Crippen molar-refractivity contribution in [1.29, 1.82) is 0 Å². The monoisotopic (exact) mass is 431 g/mol. The minimum absolute atomic E-state index is 0.278. The Morgan fingerprint density at radius 1 is 0.750 bits per heavy atom. The molecule has 2 N–H and O–H groups in total. The number of fused-ring (bicyclic) bond motifs is 1. The molecule has 2 saturated heterocycles. The summed E-state index contributed by atoms with van der Waals surface area (Å²) in [5, 5.41) is 0. The van der Waals surface area contributed by atoms with Gasteiger partial charge in [0, 0.05) is 0 Å². The van der Waals surface area contributed by atoms with Crippen LogP contribution in [0.4, 0.5) is 0 Å². The van der Waals surface area contributed by atoms with E-state index >= 15 is 0 Å². The zero-order valence-electron chi connectivity index (χ0n) is 18.4. The first-order valence-corrected chi connectivity index (χ1v) is 11.1. The van der Waals surface area contributed by atoms with E-state index in [0.717, 1.165) is 16.7 Å². The molecule has 2 fully saturated rings. The van der Waals surface area contributed by atoms with Gasteiger partial charge < -0.3 is 24.7 Å². The van der Waals surface area contributed by atoms with Crippen molar-refractivity contribution in [1.82, 2.24) is 0 Å². The average Bonchev–Trinajstić information content (AvgIpc) is 3.29. The number of benzene rings is 3. The van der Waals surface area contributed by atoms with Crippen molar-refractivity contribution in [3.05, 3.63) is 108 Å². The smallest absolute Gasteiger partial charge is 0.164 e. The molecule has 32 heavy (non-hydrogen) atoms. The van der Waals surface area contributed by atoms with Crippen LogP contribution in [0.5, 0.6) is 0 Å². The molecule has 0 saturated carbocycles. The van der Waals surface area contributed by atoms with E-state index in [4.69, 9.17) is 24.7 Å². The summed E-state index contributed by atoms with van der Waals surface area (Å²) in [6.45, 7) is 4.10. The third kappa shape index (κ3) is 3.76. The molecule has 5 heteroatoms. The van der Waals surface area contributed by atoms with Crippen molar-refractivity contribution < 1.29 is 18.9 Å². The van der Waals surface area contributed by atoms with Crippen molar-refractivity contribution in [2.75, 3.05) is 6.61 Å². The molecular weight excluding hydrogens is 402 g/mol. The summed E-state index contributed by atoms with van der Waals surface area (Å²) < 4.78 is 25.0. The van der Waals surface area contributed by atoms with Crippen molar-refractivity contribution in [2.24, 2.45) is 5.73 Å². The zero-order valence-corrected chi connectivity index (χ0v) is 18.4. The molecule has 5 rings (SSSR count). The second-order valence-electron chi connectivity index (χ2n) is 8.79. The SMILES string of the molecule is CC1(C)O[C@@H]2[C@@H](COC(c3ccccc3)(c3ccccc3)c3ccccc3)OC(N)[C@@H]2O1. The highest BCUT2D eigenvalue weighted by Gasteiger charge is 2.54. The molecule has 1 unspecified atom stereocenters. The van der Waals surface area contributed by atoms with Gasteiger partial charge in [0.05, 0.1) is 6.61 Å². The number of hydrogen-bond acceptors (Lipinski definition) is 5. The van der Waals surface area contributed by atoms with Gasteiger partial charge in [0.2, 0.25) is 0 Å². The molecule has 3 aromatic rings. The lowest BCUT2D eigenvalue weighted by molar-refractivity contribution is -0.194. The Morgan fingerprint density at radius 3 is 1.66 bits per heavy atom. The maximum absolute atomic E-state index is 6.88. The van der Waals surface area contributed by atoms with Crippen molar-refractivity contribution in [2.45, 2.75) is 49.8 Å². The largest absolute Gasteiger partial charge is 0.358 e. The quantitative estimate of drug-likeness (QED) is 0.593. The van der Waals surface area contributed by atoms with Crippen LogP contribution in [0, 0.1) is 0 Å². The highest BCUT2D eigenvalue weighted by molar-refractivity contribution is 5.47. The predicted octanol–water partition coefficient (Wildman–Crippen LogP) is 4.20. The highest BCUT2D eigenvalue weighted by Crippen LogP contribution is 2.42. The van der Waals surface area contributed by atoms with Crippen molar-refractivity contribution in [3.8, 4) is 0 Å². The van der Waals surface area contributed by atoms with E-state index in [2.05, 4.69) is 36.4 Å². The number of nitrogens with two attached hydrogens (primary N) is 1. The lowest BCUT2D eigenvalue weighted by Gasteiger charge is -2.37. The Labute approximate surface area is 189 Å². The Morgan fingerprint density at radius 2 is 1.19 bits per heavy atom. The summed E-state index contributed by atoms with van der Waals surface area (Å²) in [7, 11) is 0. The Hall–Kier alpha value is -2.54. The van der Waals surface area contributed by atoms with Crippen LogP contribution in [0.2, 0.25) is 0 Å². The molecule has 2 aliphatic rings. The van der Waals surface area contributed by atoms with E-state index in [-0.39, 0.29) is 18.3 Å². The Kier molecular flexibility index (Phi) is 5.61. The topological polar surface area (TPSA) is 62.9 Å². The van der Waals surface area contributed by atoms with Gasteiger partial charge in [0.15, 0.2) is 5.79 Å². The highest BCUT2D eigenvalue weighted by atomic mass is 16.8. The van der Waals surface area contributed by atoms with Crippen LogP contribution < -0.4 is 5.73 Å². The van der Waals surface area contributed by atoms with Crippen LogP contribution >= 0.6 is 0 Å². The molecule has 2 aliphatic heterocycles. The molecule has 0 radical (unpaired) electrons. The minimum Gasteiger partial charge on any atom is -0.358 e. The van der Waals surface area contributed by atoms with Crippen LogP contribution in [0.3, 0.4) is 0 Å². The van der Waals surface area contributed by atoms with E-state index in [1.165, 1.54) is 0 Å². The van der Waals surface area contributed by atoms with Crippen molar-refractivity contribution >= 4 is 0 Å². The fourth-order valence-corrected chi connectivity index (χ4v) is 4.83. The summed E-state index contributed by atoms with van der Waals surface area (Å²) >= 11 is 0. The van der Waals surface area contributed by atoms with Gasteiger partial charge in [-0.25, -0.2) is 0 Å². The van der Waals surface area contributed by atoms with E-state index in [1.54, 1.807) is 0 Å². The minimum atomic E-state index is -0.815. The van der Waals surface area contributed by atoms with Gasteiger partial charge in [-0.3, -0.25) is 0 Å². The van der Waals surface area contributed by atoms with Gasteiger partial charge in [-0.1, -0.05) is 91.0 Å². The molecule has 3 aromatic carbocycles. The second kappa shape index (κ2) is 8.43. The second-order valence-corrected chi connectivity index (χ2v) is 8.79. The Bertz CT molecular complexity index is 929. The molecule has 166 valence electrons. The van der Waals surface area contributed by atoms with Crippen LogP contribution in [0.25, 0.3) is 0 Å². The summed E-state index contributed by atoms with van der Waals surface area (Å²) in [6.07, 6.45) is -1.47. The first-order valence-electron chi connectivity index (χ1n) is 11.1. The van der Waals surface area contributed by atoms with Gasteiger partial charge in [-0.15, -0.1) is 0 Å². The van der Waals surface area contributed by atoms with E-state index in [1.807, 2.05) is 68.4 Å². The average molecular weight is 432 g/mol. The Balaban J connectivity index is 1.55. The number of ether oxygens (including phenoxy) is 4. The summed E-state index contributed by atoms with van der Waals surface area (Å²) in [5.41, 5.74) is 8.53. The maximum atomic E-state index is 6.88. The van der Waals surface area contributed by atoms with Crippen LogP contribution in [0.1, 0.15) is 30.5 Å². The van der Waals surface area contributed by atoms with Crippen LogP contribution in [-0.4, -0.2) is 36.9 Å². The molecule has 2 heterocycles. The van der Waals surface area contributed by atoms with Gasteiger partial charge in [0.1, 0.15) is 30.1 Å². The van der Waals surface area contributed by atoms with Gasteiger partial charge in [-0.2, -0.15) is 0 Å². The van der Waals surface area contributed by atoms with E-state index in [0.29, 0.717) is 6.61 Å². The summed E-state index contributed by atoms with van der Waals surface area (Å²) in [4.78, 5) is 0. The zero-order chi connectivity index (χ0) is 22.2. The molecule has 5 nitrogen and oxygen atoms in total. The summed E-state index contributed by atoms with van der Waals surface area (Å²) in [6, 6.07) is 30.9. The molecule has 0 bridgehead atoms. The maximum Gasteiger partial charge on any atom is 0.164 e.